The Hall–Kier alpha value is -1.77. The second-order valence-electron chi connectivity index (χ2n) is 3.94. The molecule has 0 fully saturated rings. The molecule has 2 rings (SSSR count). The number of thiocarbonyl (C=S) groups is 1. The van der Waals surface area contributed by atoms with E-state index in [1.165, 1.54) is 30.5 Å². The van der Waals surface area contributed by atoms with E-state index >= 15 is 0 Å². The highest BCUT2D eigenvalue weighted by molar-refractivity contribution is 7.93. The molecule has 0 saturated carbocycles. The van der Waals surface area contributed by atoms with Crippen LogP contribution < -0.4 is 10.5 Å². The van der Waals surface area contributed by atoms with E-state index in [0.29, 0.717) is 5.02 Å². The molecule has 5 nitrogen and oxygen atoms in total. The molecular weight excluding hydrogens is 337 g/mol. The van der Waals surface area contributed by atoms with E-state index < -0.39 is 15.8 Å². The van der Waals surface area contributed by atoms with Crippen LogP contribution in [0.4, 0.5) is 10.2 Å². The minimum atomic E-state index is -4.09. The number of rotatable bonds is 4. The first kappa shape index (κ1) is 15.6. The quantitative estimate of drug-likeness (QED) is 0.830. The fourth-order valence-electron chi connectivity index (χ4n) is 1.60. The fourth-order valence-corrected chi connectivity index (χ4v) is 3.22. The molecule has 0 aliphatic heterocycles. The van der Waals surface area contributed by atoms with Gasteiger partial charge in [0.1, 0.15) is 21.5 Å². The molecule has 2 aromatic rings. The van der Waals surface area contributed by atoms with Gasteiger partial charge in [-0.1, -0.05) is 29.9 Å². The normalized spacial score (nSPS) is 11.1. The Morgan fingerprint density at radius 3 is 2.62 bits per heavy atom. The summed E-state index contributed by atoms with van der Waals surface area (Å²) < 4.78 is 40.5. The van der Waals surface area contributed by atoms with E-state index in [-0.39, 0.29) is 21.3 Å². The third-order valence-electron chi connectivity index (χ3n) is 2.48. The Bertz CT molecular complexity index is 795. The van der Waals surface area contributed by atoms with Crippen molar-refractivity contribution in [3.8, 4) is 0 Å². The van der Waals surface area contributed by atoms with Gasteiger partial charge in [0.05, 0.1) is 10.6 Å². The van der Waals surface area contributed by atoms with Gasteiger partial charge in [-0.3, -0.25) is 4.72 Å². The number of hydrogen-bond donors (Lipinski definition) is 2. The summed E-state index contributed by atoms with van der Waals surface area (Å²) in [5.41, 5.74) is 5.05. The van der Waals surface area contributed by atoms with Gasteiger partial charge in [-0.05, 0) is 24.3 Å². The van der Waals surface area contributed by atoms with Gasteiger partial charge < -0.3 is 5.73 Å². The van der Waals surface area contributed by atoms with Crippen LogP contribution in [0.25, 0.3) is 0 Å². The van der Waals surface area contributed by atoms with Crippen LogP contribution in [0.1, 0.15) is 5.56 Å². The minimum absolute atomic E-state index is 0.0394. The SMILES string of the molecule is NC(=S)c1c(F)cccc1S(=O)(=O)Nc1ccc(Cl)cn1. The zero-order valence-corrected chi connectivity index (χ0v) is 12.8. The molecule has 0 spiro atoms. The third-order valence-corrected chi connectivity index (χ3v) is 4.30. The summed E-state index contributed by atoms with van der Waals surface area (Å²) in [6.45, 7) is 0. The van der Waals surface area contributed by atoms with E-state index in [1.807, 2.05) is 0 Å². The van der Waals surface area contributed by atoms with Gasteiger partial charge in [0.2, 0.25) is 0 Å². The van der Waals surface area contributed by atoms with Crippen LogP contribution in [-0.4, -0.2) is 18.4 Å². The van der Waals surface area contributed by atoms with Gasteiger partial charge in [-0.2, -0.15) is 0 Å². The predicted molar refractivity (Wildman–Crippen MR) is 82.3 cm³/mol. The molecule has 1 heterocycles. The van der Waals surface area contributed by atoms with Crippen molar-refractivity contribution < 1.29 is 12.8 Å². The van der Waals surface area contributed by atoms with Crippen LogP contribution >= 0.6 is 23.8 Å². The summed E-state index contributed by atoms with van der Waals surface area (Å²) in [4.78, 5) is 3.10. The number of nitrogens with one attached hydrogen (secondary N) is 1. The van der Waals surface area contributed by atoms with Crippen molar-refractivity contribution in [1.29, 1.82) is 0 Å². The Morgan fingerprint density at radius 2 is 2.05 bits per heavy atom. The molecule has 1 aromatic heterocycles. The van der Waals surface area contributed by atoms with Crippen molar-refractivity contribution in [1.82, 2.24) is 4.98 Å². The molecule has 0 atom stereocenters. The molecule has 0 radical (unpaired) electrons. The molecule has 0 unspecified atom stereocenters. The van der Waals surface area contributed by atoms with E-state index in [1.54, 1.807) is 0 Å². The molecular formula is C12H9ClFN3O2S2. The van der Waals surface area contributed by atoms with Gasteiger partial charge in [0.25, 0.3) is 10.0 Å². The summed E-state index contributed by atoms with van der Waals surface area (Å²) in [5.74, 6) is -0.771. The summed E-state index contributed by atoms with van der Waals surface area (Å²) in [7, 11) is -4.09. The van der Waals surface area contributed by atoms with Crippen LogP contribution in [0.3, 0.4) is 0 Å². The van der Waals surface area contributed by atoms with Crippen molar-refractivity contribution in [3.63, 3.8) is 0 Å². The summed E-state index contributed by atoms with van der Waals surface area (Å²) >= 11 is 10.4. The molecule has 110 valence electrons. The van der Waals surface area contributed by atoms with Crippen molar-refractivity contribution in [2.24, 2.45) is 5.73 Å². The summed E-state index contributed by atoms with van der Waals surface area (Å²) in [5, 5.41) is 0.354. The van der Waals surface area contributed by atoms with Gasteiger partial charge >= 0.3 is 0 Å². The number of nitrogens with zero attached hydrogens (tertiary/aromatic N) is 1. The zero-order chi connectivity index (χ0) is 15.6. The summed E-state index contributed by atoms with van der Waals surface area (Å²) in [6.07, 6.45) is 1.28. The Kier molecular flexibility index (Phi) is 4.40. The average molecular weight is 346 g/mol. The highest BCUT2D eigenvalue weighted by atomic mass is 35.5. The lowest BCUT2D eigenvalue weighted by Crippen LogP contribution is -2.21. The number of hydrogen-bond acceptors (Lipinski definition) is 4. The largest absolute Gasteiger partial charge is 0.389 e. The number of halogens is 2. The molecule has 0 amide bonds. The van der Waals surface area contributed by atoms with Crippen LogP contribution in [-0.2, 0) is 10.0 Å². The molecule has 3 N–H and O–H groups in total. The van der Waals surface area contributed by atoms with E-state index in [4.69, 9.17) is 29.6 Å². The lowest BCUT2D eigenvalue weighted by Gasteiger charge is -2.11. The second kappa shape index (κ2) is 5.92. The van der Waals surface area contributed by atoms with Crippen LogP contribution in [0, 0.1) is 5.82 Å². The Balaban J connectivity index is 2.47. The lowest BCUT2D eigenvalue weighted by molar-refractivity contribution is 0.594. The van der Waals surface area contributed by atoms with Crippen LogP contribution in [0.15, 0.2) is 41.4 Å². The standard InChI is InChI=1S/C12H9ClFN3O2S2/c13-7-4-5-10(16-6-7)17-21(18,19)9-3-1-2-8(14)11(9)12(15)20/h1-6H,(H2,15,20)(H,16,17). The van der Waals surface area contributed by atoms with Gasteiger partial charge in [0.15, 0.2) is 0 Å². The van der Waals surface area contributed by atoms with Crippen molar-refractivity contribution >= 4 is 44.6 Å². The highest BCUT2D eigenvalue weighted by Gasteiger charge is 2.23. The lowest BCUT2D eigenvalue weighted by atomic mass is 10.2. The molecule has 0 bridgehead atoms. The second-order valence-corrected chi connectivity index (χ2v) is 6.47. The molecule has 0 saturated heterocycles. The average Bonchev–Trinajstić information content (AvgIpc) is 2.40. The van der Waals surface area contributed by atoms with Crippen molar-refractivity contribution in [2.45, 2.75) is 4.90 Å². The first-order chi connectivity index (χ1) is 9.81. The maximum Gasteiger partial charge on any atom is 0.263 e. The number of benzene rings is 1. The third kappa shape index (κ3) is 3.46. The first-order valence-corrected chi connectivity index (χ1v) is 7.81. The summed E-state index contributed by atoms with van der Waals surface area (Å²) in [6, 6.07) is 6.37. The van der Waals surface area contributed by atoms with E-state index in [0.717, 1.165) is 6.07 Å². The number of nitrogens with two attached hydrogens (primary N) is 1. The first-order valence-electron chi connectivity index (χ1n) is 5.54. The minimum Gasteiger partial charge on any atom is -0.389 e. The molecule has 0 aliphatic carbocycles. The van der Waals surface area contributed by atoms with Gasteiger partial charge in [-0.25, -0.2) is 17.8 Å². The maximum absolute atomic E-state index is 13.7. The fraction of sp³-hybridized carbons (Fsp3) is 0. The smallest absolute Gasteiger partial charge is 0.263 e. The topological polar surface area (TPSA) is 85.1 Å². The molecule has 9 heteroatoms. The number of anilines is 1. The van der Waals surface area contributed by atoms with E-state index in [2.05, 4.69) is 9.71 Å². The van der Waals surface area contributed by atoms with Crippen LogP contribution in [0.2, 0.25) is 5.02 Å². The van der Waals surface area contributed by atoms with Gasteiger partial charge in [0, 0.05) is 6.20 Å². The van der Waals surface area contributed by atoms with Crippen molar-refractivity contribution in [3.05, 3.63) is 52.9 Å². The predicted octanol–water partition coefficient (Wildman–Crippen LogP) is 2.31. The van der Waals surface area contributed by atoms with Crippen molar-refractivity contribution in [2.75, 3.05) is 4.72 Å². The monoisotopic (exact) mass is 345 g/mol. The number of sulfonamides is 1. The Labute approximate surface area is 131 Å². The zero-order valence-electron chi connectivity index (χ0n) is 10.4. The molecule has 21 heavy (non-hydrogen) atoms. The Morgan fingerprint density at radius 1 is 1.33 bits per heavy atom. The molecule has 1 aromatic carbocycles. The maximum atomic E-state index is 13.7. The van der Waals surface area contributed by atoms with Gasteiger partial charge in [-0.15, -0.1) is 0 Å². The number of aromatic nitrogens is 1. The van der Waals surface area contributed by atoms with E-state index in [9.17, 15) is 12.8 Å². The highest BCUT2D eigenvalue weighted by Crippen LogP contribution is 2.21. The molecule has 0 aliphatic rings. The van der Waals surface area contributed by atoms with Crippen LogP contribution in [0.5, 0.6) is 0 Å². The number of pyridine rings is 1.